The Labute approximate surface area is 157 Å². The van der Waals surface area contributed by atoms with Crippen LogP contribution in [0.4, 0.5) is 11.4 Å². The van der Waals surface area contributed by atoms with Crippen molar-refractivity contribution in [2.75, 3.05) is 16.8 Å². The number of hydrogen-bond donors (Lipinski definition) is 1. The molecule has 1 fully saturated rings. The molecule has 0 unspecified atom stereocenters. The second-order valence-electron chi connectivity index (χ2n) is 6.20. The quantitative estimate of drug-likeness (QED) is 0.501. The molecule has 0 aliphatic carbocycles. The summed E-state index contributed by atoms with van der Waals surface area (Å²) < 4.78 is 5.27. The molecule has 6 heteroatoms. The second kappa shape index (κ2) is 8.31. The number of benzene rings is 2. The summed E-state index contributed by atoms with van der Waals surface area (Å²) in [4.78, 5) is 36.4. The molecule has 1 aliphatic rings. The van der Waals surface area contributed by atoms with Gasteiger partial charge in [-0.2, -0.15) is 0 Å². The van der Waals surface area contributed by atoms with Gasteiger partial charge in [0.25, 0.3) is 0 Å². The average Bonchev–Trinajstić information content (AvgIpc) is 3.07. The van der Waals surface area contributed by atoms with Crippen molar-refractivity contribution >= 4 is 35.2 Å². The molecule has 0 spiro atoms. The van der Waals surface area contributed by atoms with Gasteiger partial charge >= 0.3 is 5.97 Å². The molecule has 0 atom stereocenters. The van der Waals surface area contributed by atoms with Gasteiger partial charge in [0.15, 0.2) is 0 Å². The lowest BCUT2D eigenvalue weighted by Gasteiger charge is -2.15. The Balaban J connectivity index is 1.56. The van der Waals surface area contributed by atoms with E-state index in [1.165, 1.54) is 13.0 Å². The minimum Gasteiger partial charge on any atom is -0.423 e. The Morgan fingerprint density at radius 2 is 1.78 bits per heavy atom. The Morgan fingerprint density at radius 1 is 1.07 bits per heavy atom. The highest BCUT2D eigenvalue weighted by Crippen LogP contribution is 2.24. The highest BCUT2D eigenvalue weighted by molar-refractivity contribution is 5.95. The highest BCUT2D eigenvalue weighted by atomic mass is 16.5. The van der Waals surface area contributed by atoms with E-state index in [2.05, 4.69) is 5.32 Å². The van der Waals surface area contributed by atoms with Crippen LogP contribution in [0.1, 0.15) is 25.3 Å². The monoisotopic (exact) mass is 364 g/mol. The van der Waals surface area contributed by atoms with E-state index in [1.54, 1.807) is 59.5 Å². The number of anilines is 2. The van der Waals surface area contributed by atoms with Crippen LogP contribution in [-0.2, 0) is 14.4 Å². The van der Waals surface area contributed by atoms with Crippen molar-refractivity contribution in [1.29, 1.82) is 0 Å². The first-order valence-electron chi connectivity index (χ1n) is 8.69. The number of nitrogens with zero attached hydrogens (tertiary/aromatic N) is 1. The smallest absolute Gasteiger partial charge is 0.336 e. The van der Waals surface area contributed by atoms with Gasteiger partial charge < -0.3 is 15.0 Å². The third kappa shape index (κ3) is 5.04. The van der Waals surface area contributed by atoms with E-state index in [0.29, 0.717) is 17.9 Å². The van der Waals surface area contributed by atoms with Crippen LogP contribution in [0.3, 0.4) is 0 Å². The Kier molecular flexibility index (Phi) is 5.66. The lowest BCUT2D eigenvalue weighted by Crippen LogP contribution is -2.23. The fraction of sp³-hybridized carbons (Fsp3) is 0.190. The van der Waals surface area contributed by atoms with Crippen LogP contribution in [-0.4, -0.2) is 24.3 Å². The summed E-state index contributed by atoms with van der Waals surface area (Å²) in [5.74, 6) is -0.0961. The van der Waals surface area contributed by atoms with Gasteiger partial charge in [-0.3, -0.25) is 9.59 Å². The molecule has 2 aromatic carbocycles. The third-order valence-electron chi connectivity index (χ3n) is 4.08. The van der Waals surface area contributed by atoms with E-state index >= 15 is 0 Å². The number of esters is 1. The van der Waals surface area contributed by atoms with Gasteiger partial charge in [-0.15, -0.1) is 0 Å². The van der Waals surface area contributed by atoms with Crippen molar-refractivity contribution in [2.45, 2.75) is 19.8 Å². The number of nitrogens with one attached hydrogen (secondary N) is 1. The second-order valence-corrected chi connectivity index (χ2v) is 6.20. The summed E-state index contributed by atoms with van der Waals surface area (Å²) in [5.41, 5.74) is 2.31. The first kappa shape index (κ1) is 18.4. The van der Waals surface area contributed by atoms with Crippen LogP contribution in [0.15, 0.2) is 54.6 Å². The van der Waals surface area contributed by atoms with E-state index in [4.69, 9.17) is 4.74 Å². The van der Waals surface area contributed by atoms with E-state index < -0.39 is 5.97 Å². The van der Waals surface area contributed by atoms with Crippen molar-refractivity contribution in [3.8, 4) is 5.75 Å². The first-order chi connectivity index (χ1) is 13.0. The lowest BCUT2D eigenvalue weighted by atomic mass is 10.2. The predicted octanol–water partition coefficient (Wildman–Crippen LogP) is 3.39. The fourth-order valence-corrected chi connectivity index (χ4v) is 2.81. The third-order valence-corrected chi connectivity index (χ3v) is 4.08. The summed E-state index contributed by atoms with van der Waals surface area (Å²) in [6, 6.07) is 14.0. The lowest BCUT2D eigenvalue weighted by molar-refractivity contribution is -0.129. The van der Waals surface area contributed by atoms with Crippen LogP contribution in [0, 0.1) is 0 Å². The molecule has 0 radical (unpaired) electrons. The van der Waals surface area contributed by atoms with Gasteiger partial charge in [-0.05, 0) is 54.5 Å². The zero-order valence-electron chi connectivity index (χ0n) is 15.0. The van der Waals surface area contributed by atoms with Gasteiger partial charge in [-0.1, -0.05) is 12.1 Å². The number of hydrogen-bond acceptors (Lipinski definition) is 4. The molecule has 0 aromatic heterocycles. The molecule has 27 heavy (non-hydrogen) atoms. The topological polar surface area (TPSA) is 75.7 Å². The molecular weight excluding hydrogens is 344 g/mol. The average molecular weight is 364 g/mol. The van der Waals surface area contributed by atoms with Crippen molar-refractivity contribution in [1.82, 2.24) is 0 Å². The van der Waals surface area contributed by atoms with Crippen LogP contribution in [0.2, 0.25) is 0 Å². The van der Waals surface area contributed by atoms with Crippen molar-refractivity contribution in [3.63, 3.8) is 0 Å². The maximum atomic E-state index is 12.0. The molecule has 6 nitrogen and oxygen atoms in total. The zero-order chi connectivity index (χ0) is 19.2. The maximum absolute atomic E-state index is 12.0. The predicted molar refractivity (Wildman–Crippen MR) is 103 cm³/mol. The Morgan fingerprint density at radius 3 is 2.37 bits per heavy atom. The number of rotatable bonds is 5. The van der Waals surface area contributed by atoms with Crippen molar-refractivity contribution < 1.29 is 19.1 Å². The van der Waals surface area contributed by atoms with Gasteiger partial charge in [0.2, 0.25) is 11.8 Å². The molecule has 1 N–H and O–H groups in total. The summed E-state index contributed by atoms with van der Waals surface area (Å²) >= 11 is 0. The molecule has 3 rings (SSSR count). The molecule has 138 valence electrons. The summed E-state index contributed by atoms with van der Waals surface area (Å²) in [6.45, 7) is 2.17. The summed E-state index contributed by atoms with van der Waals surface area (Å²) in [7, 11) is 0. The van der Waals surface area contributed by atoms with E-state index in [0.717, 1.165) is 24.2 Å². The van der Waals surface area contributed by atoms with Crippen molar-refractivity contribution in [3.05, 3.63) is 60.2 Å². The molecule has 1 saturated heterocycles. The SMILES string of the molecule is CC(=O)Nc1ccc(/C=C/C(=O)Oc2ccc(N3CCCC3=O)cc2)cc1. The molecule has 2 aromatic rings. The van der Waals surface area contributed by atoms with E-state index in [-0.39, 0.29) is 11.8 Å². The molecular formula is C21H20N2O4. The molecule has 0 bridgehead atoms. The molecule has 1 aliphatic heterocycles. The fourth-order valence-electron chi connectivity index (χ4n) is 2.81. The minimum atomic E-state index is -0.495. The van der Waals surface area contributed by atoms with Crippen LogP contribution < -0.4 is 15.0 Å². The molecule has 2 amide bonds. The summed E-state index contributed by atoms with van der Waals surface area (Å²) in [5, 5.41) is 2.68. The van der Waals surface area contributed by atoms with E-state index in [9.17, 15) is 14.4 Å². The Hall–Kier alpha value is -3.41. The molecule has 0 saturated carbocycles. The highest BCUT2D eigenvalue weighted by Gasteiger charge is 2.21. The first-order valence-corrected chi connectivity index (χ1v) is 8.69. The molecule has 1 heterocycles. The Bertz CT molecular complexity index is 870. The number of carbonyl (C=O) groups is 3. The van der Waals surface area contributed by atoms with Crippen LogP contribution in [0.25, 0.3) is 6.08 Å². The summed E-state index contributed by atoms with van der Waals surface area (Å²) in [6.07, 6.45) is 4.42. The van der Waals surface area contributed by atoms with Gasteiger partial charge in [0.1, 0.15) is 5.75 Å². The van der Waals surface area contributed by atoms with Gasteiger partial charge in [0, 0.05) is 37.3 Å². The number of ether oxygens (including phenoxy) is 1. The van der Waals surface area contributed by atoms with Gasteiger partial charge in [-0.25, -0.2) is 4.79 Å². The maximum Gasteiger partial charge on any atom is 0.336 e. The number of carbonyl (C=O) groups excluding carboxylic acids is 3. The normalized spacial score (nSPS) is 13.8. The standard InChI is InChI=1S/C21H20N2O4/c1-15(24)22-17-7-4-16(5-8-17)6-13-21(26)27-19-11-9-18(10-12-19)23-14-2-3-20(23)25/h4-13H,2-3,14H2,1H3,(H,22,24)/b13-6+. The van der Waals surface area contributed by atoms with Gasteiger partial charge in [0.05, 0.1) is 0 Å². The van der Waals surface area contributed by atoms with Crippen LogP contribution >= 0.6 is 0 Å². The van der Waals surface area contributed by atoms with Crippen LogP contribution in [0.5, 0.6) is 5.75 Å². The zero-order valence-corrected chi connectivity index (χ0v) is 15.0. The largest absolute Gasteiger partial charge is 0.423 e. The minimum absolute atomic E-state index is 0.118. The van der Waals surface area contributed by atoms with E-state index in [1.807, 2.05) is 0 Å². The number of amides is 2. The van der Waals surface area contributed by atoms with Crippen molar-refractivity contribution in [2.24, 2.45) is 0 Å².